The SMILES string of the molecule is CCS(=O)(=O)N1CCCC(C(=O)Nc2cccc(O)c2)C1. The molecule has 1 heterocycles. The van der Waals surface area contributed by atoms with E-state index in [4.69, 9.17) is 0 Å². The Balaban J connectivity index is 2.02. The summed E-state index contributed by atoms with van der Waals surface area (Å²) in [5, 5.41) is 12.1. The van der Waals surface area contributed by atoms with Crippen LogP contribution in [0.4, 0.5) is 5.69 Å². The van der Waals surface area contributed by atoms with E-state index in [1.54, 1.807) is 19.1 Å². The highest BCUT2D eigenvalue weighted by Crippen LogP contribution is 2.22. The van der Waals surface area contributed by atoms with E-state index in [0.717, 1.165) is 0 Å². The third-order valence-corrected chi connectivity index (χ3v) is 5.47. The lowest BCUT2D eigenvalue weighted by Gasteiger charge is -2.30. The lowest BCUT2D eigenvalue weighted by Crippen LogP contribution is -2.44. The maximum atomic E-state index is 12.2. The average Bonchev–Trinajstić information content (AvgIpc) is 2.47. The number of hydrogen-bond donors (Lipinski definition) is 2. The molecule has 2 rings (SSSR count). The van der Waals surface area contributed by atoms with Crippen molar-refractivity contribution < 1.29 is 18.3 Å². The highest BCUT2D eigenvalue weighted by molar-refractivity contribution is 7.89. The fraction of sp³-hybridized carbons (Fsp3) is 0.500. The average molecular weight is 312 g/mol. The van der Waals surface area contributed by atoms with E-state index in [1.807, 2.05) is 0 Å². The Morgan fingerprint density at radius 1 is 1.48 bits per heavy atom. The first-order valence-corrected chi connectivity index (χ1v) is 8.61. The second-order valence-corrected chi connectivity index (χ2v) is 7.39. The molecule has 1 saturated heterocycles. The molecule has 0 saturated carbocycles. The predicted molar refractivity (Wildman–Crippen MR) is 80.5 cm³/mol. The number of benzene rings is 1. The van der Waals surface area contributed by atoms with Crippen LogP contribution in [-0.2, 0) is 14.8 Å². The Morgan fingerprint density at radius 3 is 2.90 bits per heavy atom. The van der Waals surface area contributed by atoms with Crippen LogP contribution in [-0.4, -0.2) is 42.6 Å². The molecule has 1 aromatic rings. The van der Waals surface area contributed by atoms with Crippen molar-refractivity contribution in [3.8, 4) is 5.75 Å². The summed E-state index contributed by atoms with van der Waals surface area (Å²) in [5.41, 5.74) is 0.510. The molecule has 21 heavy (non-hydrogen) atoms. The van der Waals surface area contributed by atoms with Gasteiger partial charge in [-0.3, -0.25) is 4.79 Å². The number of anilines is 1. The number of amides is 1. The molecule has 1 aromatic carbocycles. The molecule has 7 heteroatoms. The van der Waals surface area contributed by atoms with E-state index in [0.29, 0.717) is 25.1 Å². The third-order valence-electron chi connectivity index (χ3n) is 3.63. The highest BCUT2D eigenvalue weighted by Gasteiger charge is 2.31. The number of sulfonamides is 1. The summed E-state index contributed by atoms with van der Waals surface area (Å²) in [6.07, 6.45) is 1.34. The van der Waals surface area contributed by atoms with Crippen molar-refractivity contribution in [1.29, 1.82) is 0 Å². The van der Waals surface area contributed by atoms with E-state index in [9.17, 15) is 18.3 Å². The Kier molecular flexibility index (Phi) is 4.84. The number of phenols is 1. The number of nitrogens with one attached hydrogen (secondary N) is 1. The molecule has 0 aromatic heterocycles. The van der Waals surface area contributed by atoms with Crippen LogP contribution < -0.4 is 5.32 Å². The number of carbonyl (C=O) groups is 1. The minimum absolute atomic E-state index is 0.0495. The first-order valence-electron chi connectivity index (χ1n) is 7.00. The molecule has 0 spiro atoms. The smallest absolute Gasteiger partial charge is 0.228 e. The molecule has 1 aliphatic rings. The molecule has 0 aliphatic carbocycles. The molecule has 1 atom stereocenters. The first kappa shape index (κ1) is 15.8. The maximum absolute atomic E-state index is 12.2. The van der Waals surface area contributed by atoms with Crippen molar-refractivity contribution in [2.45, 2.75) is 19.8 Å². The molecule has 1 aliphatic heterocycles. The van der Waals surface area contributed by atoms with Gasteiger partial charge in [-0.1, -0.05) is 6.07 Å². The summed E-state index contributed by atoms with van der Waals surface area (Å²) < 4.78 is 25.2. The summed E-state index contributed by atoms with van der Waals surface area (Å²) in [6, 6.07) is 6.30. The van der Waals surface area contributed by atoms with Gasteiger partial charge < -0.3 is 10.4 Å². The lowest BCUT2D eigenvalue weighted by molar-refractivity contribution is -0.120. The monoisotopic (exact) mass is 312 g/mol. The summed E-state index contributed by atoms with van der Waals surface area (Å²) in [4.78, 5) is 12.2. The first-order chi connectivity index (χ1) is 9.92. The van der Waals surface area contributed by atoms with Crippen molar-refractivity contribution >= 4 is 21.6 Å². The Labute approximate surface area is 124 Å². The largest absolute Gasteiger partial charge is 0.508 e. The van der Waals surface area contributed by atoms with Crippen LogP contribution in [0.15, 0.2) is 24.3 Å². The highest BCUT2D eigenvalue weighted by atomic mass is 32.2. The van der Waals surface area contributed by atoms with Gasteiger partial charge >= 0.3 is 0 Å². The molecule has 1 fully saturated rings. The molecule has 2 N–H and O–H groups in total. The van der Waals surface area contributed by atoms with Gasteiger partial charge in [0.1, 0.15) is 5.75 Å². The Hall–Kier alpha value is -1.60. The van der Waals surface area contributed by atoms with Gasteiger partial charge in [0.05, 0.1) is 11.7 Å². The number of nitrogens with zero attached hydrogens (tertiary/aromatic N) is 1. The Bertz CT molecular complexity index is 615. The van der Waals surface area contributed by atoms with Crippen LogP contribution in [0.3, 0.4) is 0 Å². The van der Waals surface area contributed by atoms with Gasteiger partial charge in [-0.15, -0.1) is 0 Å². The molecular weight excluding hydrogens is 292 g/mol. The standard InChI is InChI=1S/C14H20N2O4S/c1-2-21(19,20)16-8-4-5-11(10-16)14(18)15-12-6-3-7-13(17)9-12/h3,6-7,9,11,17H,2,4-5,8,10H2,1H3,(H,15,18). The number of phenolic OH excluding ortho intramolecular Hbond substituents is 1. The normalized spacial score (nSPS) is 20.1. The summed E-state index contributed by atoms with van der Waals surface area (Å²) >= 11 is 0. The van der Waals surface area contributed by atoms with Gasteiger partial charge in [-0.25, -0.2) is 12.7 Å². The van der Waals surface area contributed by atoms with Crippen LogP contribution in [0.5, 0.6) is 5.75 Å². The van der Waals surface area contributed by atoms with E-state index >= 15 is 0 Å². The second kappa shape index (κ2) is 6.44. The Morgan fingerprint density at radius 2 is 2.24 bits per heavy atom. The van der Waals surface area contributed by atoms with Crippen LogP contribution in [0.1, 0.15) is 19.8 Å². The van der Waals surface area contributed by atoms with Gasteiger partial charge in [-0.2, -0.15) is 0 Å². The summed E-state index contributed by atoms with van der Waals surface area (Å²) in [7, 11) is -3.25. The lowest BCUT2D eigenvalue weighted by atomic mass is 9.98. The number of rotatable bonds is 4. The third kappa shape index (κ3) is 3.95. The molecule has 0 bridgehead atoms. The van der Waals surface area contributed by atoms with E-state index < -0.39 is 10.0 Å². The fourth-order valence-corrected chi connectivity index (χ4v) is 3.60. The molecule has 0 radical (unpaired) electrons. The predicted octanol–water partition coefficient (Wildman–Crippen LogP) is 1.39. The zero-order chi connectivity index (χ0) is 15.5. The minimum Gasteiger partial charge on any atom is -0.508 e. The van der Waals surface area contributed by atoms with Gasteiger partial charge in [0.15, 0.2) is 0 Å². The van der Waals surface area contributed by atoms with E-state index in [1.165, 1.54) is 16.4 Å². The van der Waals surface area contributed by atoms with Crippen molar-refractivity contribution in [3.63, 3.8) is 0 Å². The number of aromatic hydroxyl groups is 1. The van der Waals surface area contributed by atoms with Gasteiger partial charge in [0.25, 0.3) is 0 Å². The molecule has 1 unspecified atom stereocenters. The molecule has 116 valence electrons. The van der Waals surface area contributed by atoms with Crippen molar-refractivity contribution in [2.24, 2.45) is 5.92 Å². The van der Waals surface area contributed by atoms with E-state index in [-0.39, 0.29) is 29.9 Å². The molecule has 1 amide bonds. The van der Waals surface area contributed by atoms with Crippen LogP contribution in [0, 0.1) is 5.92 Å². The maximum Gasteiger partial charge on any atom is 0.228 e. The fourth-order valence-electron chi connectivity index (χ4n) is 2.42. The quantitative estimate of drug-likeness (QED) is 0.879. The molecule has 6 nitrogen and oxygen atoms in total. The van der Waals surface area contributed by atoms with Crippen LogP contribution in [0.25, 0.3) is 0 Å². The summed E-state index contributed by atoms with van der Waals surface area (Å²) in [6.45, 7) is 2.30. The zero-order valence-electron chi connectivity index (χ0n) is 11.9. The topological polar surface area (TPSA) is 86.7 Å². The molecular formula is C14H20N2O4S. The van der Waals surface area contributed by atoms with Gasteiger partial charge in [-0.05, 0) is 31.9 Å². The van der Waals surface area contributed by atoms with Crippen LogP contribution in [0.2, 0.25) is 0 Å². The van der Waals surface area contributed by atoms with Crippen molar-refractivity contribution in [1.82, 2.24) is 4.31 Å². The van der Waals surface area contributed by atoms with Crippen molar-refractivity contribution in [2.75, 3.05) is 24.2 Å². The van der Waals surface area contributed by atoms with Crippen LogP contribution >= 0.6 is 0 Å². The number of hydrogen-bond acceptors (Lipinski definition) is 4. The van der Waals surface area contributed by atoms with Crippen molar-refractivity contribution in [3.05, 3.63) is 24.3 Å². The number of piperidine rings is 1. The number of carbonyl (C=O) groups excluding carboxylic acids is 1. The van der Waals surface area contributed by atoms with E-state index in [2.05, 4.69) is 5.32 Å². The minimum atomic E-state index is -3.25. The summed E-state index contributed by atoms with van der Waals surface area (Å²) in [5.74, 6) is -0.445. The second-order valence-electron chi connectivity index (χ2n) is 5.14. The van der Waals surface area contributed by atoms with Gasteiger partial charge in [0, 0.05) is 24.8 Å². The zero-order valence-corrected chi connectivity index (χ0v) is 12.8. The van der Waals surface area contributed by atoms with Gasteiger partial charge in [0.2, 0.25) is 15.9 Å².